The van der Waals surface area contributed by atoms with E-state index in [4.69, 9.17) is 9.05 Å². The van der Waals surface area contributed by atoms with Gasteiger partial charge in [-0.2, -0.15) is 0 Å². The molecule has 0 saturated carbocycles. The Hall–Kier alpha value is -0.350. The van der Waals surface area contributed by atoms with Crippen LogP contribution >= 0.6 is 26.9 Å². The smallest absolute Gasteiger partial charge is 0.0799 e. The minimum Gasteiger partial charge on any atom is -0.358 e. The molecule has 0 N–H and O–H groups in total. The van der Waals surface area contributed by atoms with Crippen molar-refractivity contribution in [3.8, 4) is 0 Å². The zero-order valence-electron chi connectivity index (χ0n) is 16.8. The van der Waals surface area contributed by atoms with Crippen molar-refractivity contribution in [1.82, 2.24) is 0 Å². The van der Waals surface area contributed by atoms with Crippen LogP contribution in [0.5, 0.6) is 0 Å². The minimum atomic E-state index is 0.195. The van der Waals surface area contributed by atoms with Gasteiger partial charge in [0.25, 0.3) is 0 Å². The van der Waals surface area contributed by atoms with Gasteiger partial charge in [0.05, 0.1) is 12.2 Å². The second-order valence-electron chi connectivity index (χ2n) is 5.94. The lowest BCUT2D eigenvalue weighted by Gasteiger charge is -2.07. The van der Waals surface area contributed by atoms with Gasteiger partial charge in [-0.05, 0) is 32.1 Å². The van der Waals surface area contributed by atoms with E-state index in [-0.39, 0.29) is 12.2 Å². The van der Waals surface area contributed by atoms with E-state index in [1.807, 2.05) is 12.2 Å². The molecule has 0 saturated heterocycles. The van der Waals surface area contributed by atoms with Crippen LogP contribution in [0.4, 0.5) is 0 Å². The number of hydrogen-bond donors (Lipinski definition) is 0. The summed E-state index contributed by atoms with van der Waals surface area (Å²) < 4.78 is 10.8. The monoisotopic (exact) mass is 426 g/mol. The van der Waals surface area contributed by atoms with E-state index in [2.05, 4.69) is 93.0 Å². The first-order valence-electron chi connectivity index (χ1n) is 9.73. The zero-order valence-corrected chi connectivity index (χ0v) is 20.1. The maximum atomic E-state index is 5.56. The van der Waals surface area contributed by atoms with Crippen LogP contribution in [0.1, 0.15) is 52.4 Å². The van der Waals surface area contributed by atoms with E-state index >= 15 is 0 Å². The molecule has 0 rings (SSSR count). The summed E-state index contributed by atoms with van der Waals surface area (Å²) in [5.41, 5.74) is 0. The third-order valence-corrected chi connectivity index (χ3v) is 4.87. The van der Waals surface area contributed by atoms with Gasteiger partial charge in [0.15, 0.2) is 0 Å². The van der Waals surface area contributed by atoms with Crippen LogP contribution in [0.2, 0.25) is 0 Å². The minimum absolute atomic E-state index is 0.195. The van der Waals surface area contributed by atoms with Crippen molar-refractivity contribution in [2.24, 2.45) is 0 Å². The molecule has 5 atom stereocenters. The van der Waals surface area contributed by atoms with Crippen LogP contribution < -0.4 is 0 Å². The van der Waals surface area contributed by atoms with E-state index < -0.39 is 0 Å². The Morgan fingerprint density at radius 1 is 0.815 bits per heavy atom. The maximum Gasteiger partial charge on any atom is 0.0799 e. The molecule has 0 aliphatic rings. The van der Waals surface area contributed by atoms with Gasteiger partial charge in [0.1, 0.15) is 0 Å². The molecule has 0 amide bonds. The molecule has 0 fully saturated rings. The summed E-state index contributed by atoms with van der Waals surface area (Å²) in [7, 11) is 5.42. The second kappa shape index (κ2) is 21.9. The molecular formula is C22H37O2P3. The Balaban J connectivity index is 3.81. The summed E-state index contributed by atoms with van der Waals surface area (Å²) >= 11 is 0. The molecule has 152 valence electrons. The van der Waals surface area contributed by atoms with Gasteiger partial charge in [-0.3, -0.25) is 0 Å². The van der Waals surface area contributed by atoms with Crippen molar-refractivity contribution >= 4 is 26.9 Å². The summed E-state index contributed by atoms with van der Waals surface area (Å²) in [4.78, 5) is 0. The molecule has 0 spiro atoms. The fourth-order valence-corrected chi connectivity index (χ4v) is 3.33. The normalized spacial score (nSPS) is 16.0. The van der Waals surface area contributed by atoms with Crippen molar-refractivity contribution in [3.63, 3.8) is 0 Å². The Morgan fingerprint density at radius 2 is 1.48 bits per heavy atom. The average Bonchev–Trinajstić information content (AvgIpc) is 2.69. The van der Waals surface area contributed by atoms with Crippen LogP contribution in [0, 0.1) is 0 Å². The topological polar surface area (TPSA) is 18.5 Å². The van der Waals surface area contributed by atoms with Crippen LogP contribution in [0.25, 0.3) is 0 Å². The fraction of sp³-hybridized carbons (Fsp3) is 0.455. The van der Waals surface area contributed by atoms with Gasteiger partial charge in [-0.25, -0.2) is 0 Å². The first-order chi connectivity index (χ1) is 13.3. The van der Waals surface area contributed by atoms with Crippen LogP contribution in [-0.4, -0.2) is 12.2 Å². The molecule has 0 aromatic rings. The summed E-state index contributed by atoms with van der Waals surface area (Å²) in [6, 6.07) is 0. The largest absolute Gasteiger partial charge is 0.358 e. The molecule has 0 radical (unpaired) electrons. The van der Waals surface area contributed by atoms with E-state index in [9.17, 15) is 0 Å². The lowest BCUT2D eigenvalue weighted by molar-refractivity contribution is 0.279. The van der Waals surface area contributed by atoms with Crippen molar-refractivity contribution < 1.29 is 9.05 Å². The Bertz CT molecular complexity index is 494. The van der Waals surface area contributed by atoms with E-state index in [0.29, 0.717) is 8.50 Å². The highest BCUT2D eigenvalue weighted by Crippen LogP contribution is 2.25. The molecule has 0 heterocycles. The van der Waals surface area contributed by atoms with E-state index in [0.717, 1.165) is 38.5 Å². The van der Waals surface area contributed by atoms with Gasteiger partial charge in [0, 0.05) is 18.0 Å². The molecule has 0 aromatic heterocycles. The third-order valence-electron chi connectivity index (χ3n) is 3.68. The molecule has 5 heteroatoms. The average molecular weight is 426 g/mol. The molecule has 27 heavy (non-hydrogen) atoms. The molecule has 0 aromatic carbocycles. The Morgan fingerprint density at radius 3 is 2.19 bits per heavy atom. The lowest BCUT2D eigenvalue weighted by atomic mass is 10.2. The molecule has 0 aliphatic carbocycles. The van der Waals surface area contributed by atoms with Crippen LogP contribution in [0.15, 0.2) is 72.9 Å². The summed E-state index contributed by atoms with van der Waals surface area (Å²) in [5.74, 6) is 0. The number of rotatable bonds is 16. The zero-order chi connectivity index (χ0) is 20.0. The molecule has 5 unspecified atom stereocenters. The fourth-order valence-electron chi connectivity index (χ4n) is 2.16. The van der Waals surface area contributed by atoms with Gasteiger partial charge in [-0.1, -0.05) is 102 Å². The Kier molecular flexibility index (Phi) is 21.7. The highest BCUT2D eigenvalue weighted by Gasteiger charge is 1.98. The predicted molar refractivity (Wildman–Crippen MR) is 131 cm³/mol. The molecule has 0 aliphatic heterocycles. The van der Waals surface area contributed by atoms with E-state index in [1.165, 1.54) is 0 Å². The molecule has 2 nitrogen and oxygen atoms in total. The van der Waals surface area contributed by atoms with E-state index in [1.54, 1.807) is 0 Å². The Labute approximate surface area is 173 Å². The summed E-state index contributed by atoms with van der Waals surface area (Å²) in [6.45, 7) is 4.30. The van der Waals surface area contributed by atoms with Crippen molar-refractivity contribution in [2.75, 3.05) is 0 Å². The SMILES string of the molecule is CCCC(C=CC=CC=CCCC=CCC=CC=CC(CC)OPP)OP. The third kappa shape index (κ3) is 18.8. The highest BCUT2D eigenvalue weighted by molar-refractivity contribution is 8.00. The van der Waals surface area contributed by atoms with Crippen molar-refractivity contribution in [1.29, 1.82) is 0 Å². The maximum absolute atomic E-state index is 5.56. The number of hydrogen-bond acceptors (Lipinski definition) is 2. The summed E-state index contributed by atoms with van der Waals surface area (Å²) in [6.07, 6.45) is 32.1. The summed E-state index contributed by atoms with van der Waals surface area (Å²) in [5, 5.41) is 0. The van der Waals surface area contributed by atoms with Gasteiger partial charge in [-0.15, -0.1) is 0 Å². The number of allylic oxidation sites excluding steroid dienone is 10. The molecule has 0 bridgehead atoms. The molecular weight excluding hydrogens is 389 g/mol. The van der Waals surface area contributed by atoms with Crippen molar-refractivity contribution in [2.45, 2.75) is 64.6 Å². The van der Waals surface area contributed by atoms with Gasteiger partial charge < -0.3 is 9.05 Å². The second-order valence-corrected chi connectivity index (χ2v) is 7.39. The van der Waals surface area contributed by atoms with Crippen LogP contribution in [0.3, 0.4) is 0 Å². The van der Waals surface area contributed by atoms with Gasteiger partial charge in [0.2, 0.25) is 0 Å². The highest BCUT2D eigenvalue weighted by atomic mass is 32.0. The predicted octanol–water partition coefficient (Wildman–Crippen LogP) is 7.65. The van der Waals surface area contributed by atoms with Crippen molar-refractivity contribution in [3.05, 3.63) is 72.9 Å². The first-order valence-corrected chi connectivity index (χ1v) is 12.9. The van der Waals surface area contributed by atoms with Crippen LogP contribution in [-0.2, 0) is 9.05 Å². The lowest BCUT2D eigenvalue weighted by Crippen LogP contribution is -2.01. The first kappa shape index (κ1) is 26.6. The van der Waals surface area contributed by atoms with Gasteiger partial charge >= 0.3 is 0 Å². The standard InChI is InChI=1S/C22H37O2P3/c1-3-18-22(23-25)20-17-15-13-11-9-7-5-6-8-10-12-14-16-19-21(4-2)24-27-26/h6,8-9,11-17,19-22,27H,3-5,7,10,18,25-26H2,1-2H3. The number of unbranched alkanes of at least 4 members (excludes halogenated alkanes) is 1. The quantitative estimate of drug-likeness (QED) is 0.109.